The molecule has 0 spiro atoms. The summed E-state index contributed by atoms with van der Waals surface area (Å²) in [5.74, 6) is 0.675. The summed E-state index contributed by atoms with van der Waals surface area (Å²) in [5, 5.41) is 0. The first kappa shape index (κ1) is 32.3. The van der Waals surface area contributed by atoms with Crippen molar-refractivity contribution in [1.29, 1.82) is 0 Å². The van der Waals surface area contributed by atoms with Crippen molar-refractivity contribution in [3.8, 4) is 0 Å². The summed E-state index contributed by atoms with van der Waals surface area (Å²) >= 11 is 0. The maximum Gasteiger partial charge on any atom is 0.410 e. The Labute approximate surface area is 246 Å². The molecule has 0 aromatic heterocycles. The zero-order valence-electron chi connectivity index (χ0n) is 25.9. The molecule has 4 rings (SSSR count). The van der Waals surface area contributed by atoms with Gasteiger partial charge < -0.3 is 24.0 Å². The van der Waals surface area contributed by atoms with Crippen molar-refractivity contribution in [1.82, 2.24) is 9.80 Å². The molecular formula is C30H52N2O8S. The van der Waals surface area contributed by atoms with E-state index in [2.05, 4.69) is 0 Å². The Morgan fingerprint density at radius 1 is 0.732 bits per heavy atom. The average molecular weight is 601 g/mol. The van der Waals surface area contributed by atoms with Crippen LogP contribution in [-0.2, 0) is 28.5 Å². The smallest absolute Gasteiger partial charge is 0.410 e. The lowest BCUT2D eigenvalue weighted by Crippen LogP contribution is -2.49. The lowest BCUT2D eigenvalue weighted by atomic mass is 9.88. The fraction of sp³-hybridized carbons (Fsp3) is 0.933. The molecular weight excluding hydrogens is 548 g/mol. The van der Waals surface area contributed by atoms with E-state index in [1.54, 1.807) is 21.0 Å². The first-order valence-electron chi connectivity index (χ1n) is 15.5. The minimum absolute atomic E-state index is 0.125. The Balaban J connectivity index is 1.18. The topological polar surface area (TPSA) is 112 Å². The number of piperidine rings is 2. The van der Waals surface area contributed by atoms with Crippen LogP contribution in [-0.4, -0.2) is 91.8 Å². The Hall–Kier alpha value is -1.59. The van der Waals surface area contributed by atoms with Crippen molar-refractivity contribution in [2.45, 2.75) is 141 Å². The Morgan fingerprint density at radius 2 is 1.17 bits per heavy atom. The molecule has 4 fully saturated rings. The fourth-order valence-corrected chi connectivity index (χ4v) is 8.57. The monoisotopic (exact) mass is 600 g/mol. The molecule has 0 aromatic rings. The molecule has 236 valence electrons. The molecule has 0 aromatic carbocycles. The highest BCUT2D eigenvalue weighted by Crippen LogP contribution is 2.42. The van der Waals surface area contributed by atoms with Crippen molar-refractivity contribution in [2.24, 2.45) is 11.8 Å². The number of rotatable bonds is 11. The summed E-state index contributed by atoms with van der Waals surface area (Å²) in [6, 6.07) is 0.675. The SMILES string of the molecule is COCCC1CC2CCC(C1)N2C(=O)OC(C)(C)CCS(=O)(=O)OCCC1CC2CCC(C1)N2C(=O)OC(C)(C)C. The van der Waals surface area contributed by atoms with Crippen molar-refractivity contribution >= 4 is 22.3 Å². The molecule has 41 heavy (non-hydrogen) atoms. The molecule has 10 nitrogen and oxygen atoms in total. The third kappa shape index (κ3) is 8.72. The molecule has 4 bridgehead atoms. The van der Waals surface area contributed by atoms with E-state index in [4.69, 9.17) is 18.4 Å². The van der Waals surface area contributed by atoms with E-state index in [9.17, 15) is 18.0 Å². The van der Waals surface area contributed by atoms with E-state index in [0.29, 0.717) is 18.3 Å². The van der Waals surface area contributed by atoms with Crippen molar-refractivity contribution < 1.29 is 36.4 Å². The van der Waals surface area contributed by atoms with Gasteiger partial charge in [0.25, 0.3) is 10.1 Å². The lowest BCUT2D eigenvalue weighted by molar-refractivity contribution is -0.0101. The minimum atomic E-state index is -3.76. The van der Waals surface area contributed by atoms with Crippen LogP contribution in [0, 0.1) is 11.8 Å². The first-order chi connectivity index (χ1) is 19.2. The highest BCUT2D eigenvalue weighted by molar-refractivity contribution is 7.86. The normalized spacial score (nSPS) is 30.0. The zero-order valence-corrected chi connectivity index (χ0v) is 26.7. The van der Waals surface area contributed by atoms with Crippen LogP contribution < -0.4 is 0 Å². The van der Waals surface area contributed by atoms with Crippen LogP contribution in [0.15, 0.2) is 0 Å². The quantitative estimate of drug-likeness (QED) is 0.287. The maximum absolute atomic E-state index is 13.1. The van der Waals surface area contributed by atoms with Gasteiger partial charge in [0.1, 0.15) is 11.2 Å². The van der Waals surface area contributed by atoms with E-state index < -0.39 is 21.3 Å². The maximum atomic E-state index is 13.1. The van der Waals surface area contributed by atoms with E-state index in [1.807, 2.05) is 30.6 Å². The van der Waals surface area contributed by atoms with Gasteiger partial charge in [-0.3, -0.25) is 4.18 Å². The van der Waals surface area contributed by atoms with Crippen LogP contribution in [0.4, 0.5) is 9.59 Å². The number of amides is 2. The molecule has 4 aliphatic rings. The Kier molecular flexibility index (Phi) is 10.2. The van der Waals surface area contributed by atoms with Gasteiger partial charge in [0.2, 0.25) is 0 Å². The van der Waals surface area contributed by atoms with E-state index in [1.165, 1.54) is 0 Å². The van der Waals surface area contributed by atoms with Crippen LogP contribution in [0.2, 0.25) is 0 Å². The predicted octanol–water partition coefficient (Wildman–Crippen LogP) is 5.49. The molecule has 4 aliphatic heterocycles. The van der Waals surface area contributed by atoms with Gasteiger partial charge in [-0.2, -0.15) is 8.42 Å². The number of carbonyl (C=O) groups excluding carboxylic acids is 2. The summed E-state index contributed by atoms with van der Waals surface area (Å²) in [7, 11) is -2.04. The van der Waals surface area contributed by atoms with Gasteiger partial charge in [0.05, 0.1) is 12.4 Å². The molecule has 0 saturated carbocycles. The standard InChI is InChI=1S/C30H52N2O8S/c1-29(2,3)39-27(33)31-23-7-8-24(31)20-22(19-23)12-15-38-41(35,36)16-13-30(4,5)40-28(34)32-25-9-10-26(32)18-21(17-25)11-14-37-6/h21-26H,7-20H2,1-6H3. The second kappa shape index (κ2) is 13.0. The molecule has 2 amide bonds. The summed E-state index contributed by atoms with van der Waals surface area (Å²) in [5.41, 5.74) is -1.45. The molecule has 4 unspecified atom stereocenters. The highest BCUT2D eigenvalue weighted by atomic mass is 32.2. The molecule has 11 heteroatoms. The number of hydrogen-bond acceptors (Lipinski definition) is 8. The van der Waals surface area contributed by atoms with Crippen LogP contribution in [0.3, 0.4) is 0 Å². The number of ether oxygens (including phenoxy) is 3. The number of methoxy groups -OCH3 is 1. The van der Waals surface area contributed by atoms with Crippen LogP contribution >= 0.6 is 0 Å². The van der Waals surface area contributed by atoms with Gasteiger partial charge in [-0.15, -0.1) is 0 Å². The van der Waals surface area contributed by atoms with Crippen molar-refractivity contribution in [2.75, 3.05) is 26.1 Å². The Morgan fingerprint density at radius 3 is 1.61 bits per heavy atom. The van der Waals surface area contributed by atoms with Crippen molar-refractivity contribution in [3.63, 3.8) is 0 Å². The molecule has 0 radical (unpaired) electrons. The summed E-state index contributed by atoms with van der Waals surface area (Å²) in [6.07, 6.45) is 8.77. The third-order valence-corrected chi connectivity index (χ3v) is 10.5. The van der Waals surface area contributed by atoms with Gasteiger partial charge >= 0.3 is 12.2 Å². The van der Waals surface area contributed by atoms with Crippen LogP contribution in [0.1, 0.15) is 105 Å². The average Bonchev–Trinajstić information content (AvgIpc) is 3.29. The highest BCUT2D eigenvalue weighted by Gasteiger charge is 2.46. The number of hydrogen-bond donors (Lipinski definition) is 0. The zero-order chi connectivity index (χ0) is 30.0. The van der Waals surface area contributed by atoms with Gasteiger partial charge in [0.15, 0.2) is 0 Å². The van der Waals surface area contributed by atoms with Gasteiger partial charge in [-0.05, 0) is 111 Å². The molecule has 4 heterocycles. The minimum Gasteiger partial charge on any atom is -0.444 e. The second-order valence-corrected chi connectivity index (χ2v) is 16.0. The van der Waals surface area contributed by atoms with Crippen molar-refractivity contribution in [3.05, 3.63) is 0 Å². The second-order valence-electron chi connectivity index (χ2n) is 14.3. The predicted molar refractivity (Wildman–Crippen MR) is 155 cm³/mol. The number of nitrogens with zero attached hydrogens (tertiary/aromatic N) is 2. The van der Waals surface area contributed by atoms with Crippen LogP contribution in [0.5, 0.6) is 0 Å². The summed E-state index contributed by atoms with van der Waals surface area (Å²) < 4.78 is 47.5. The Bertz CT molecular complexity index is 998. The van der Waals surface area contributed by atoms with Gasteiger partial charge in [0, 0.05) is 44.3 Å². The van der Waals surface area contributed by atoms with Gasteiger partial charge in [-0.25, -0.2) is 9.59 Å². The third-order valence-electron chi connectivity index (χ3n) is 9.31. The molecule has 0 aliphatic carbocycles. The fourth-order valence-electron chi connectivity index (χ4n) is 7.36. The van der Waals surface area contributed by atoms with E-state index >= 15 is 0 Å². The molecule has 0 N–H and O–H groups in total. The van der Waals surface area contributed by atoms with Gasteiger partial charge in [-0.1, -0.05) is 0 Å². The van der Waals surface area contributed by atoms with Crippen LogP contribution in [0.25, 0.3) is 0 Å². The number of carbonyl (C=O) groups is 2. The largest absolute Gasteiger partial charge is 0.444 e. The first-order valence-corrected chi connectivity index (χ1v) is 17.1. The van der Waals surface area contributed by atoms with E-state index in [-0.39, 0.29) is 55.1 Å². The lowest BCUT2D eigenvalue weighted by Gasteiger charge is -2.40. The molecule has 4 saturated heterocycles. The number of fused-ring (bicyclic) bond motifs is 4. The molecule has 4 atom stereocenters. The van der Waals surface area contributed by atoms with E-state index in [0.717, 1.165) is 64.4 Å². The summed E-state index contributed by atoms with van der Waals surface area (Å²) in [6.45, 7) is 10.0. The summed E-state index contributed by atoms with van der Waals surface area (Å²) in [4.78, 5) is 29.6.